The predicted molar refractivity (Wildman–Crippen MR) is 123 cm³/mol. The number of methoxy groups -OCH3 is 1. The highest BCUT2D eigenvalue weighted by Gasteiger charge is 2.30. The molecule has 0 aliphatic carbocycles. The van der Waals surface area contributed by atoms with Crippen LogP contribution in [0, 0.1) is 5.82 Å². The first-order valence-corrected chi connectivity index (χ1v) is 12.2. The lowest BCUT2D eigenvalue weighted by atomic mass is 10.0. The number of nitrogens with one attached hydrogen (secondary N) is 2. The molecule has 2 N–H and O–H groups in total. The van der Waals surface area contributed by atoms with E-state index in [1.807, 2.05) is 11.8 Å². The van der Waals surface area contributed by atoms with Gasteiger partial charge in [0, 0.05) is 35.8 Å². The number of sulfonamides is 1. The maximum Gasteiger partial charge on any atom is 0.251 e. The van der Waals surface area contributed by atoms with Crippen LogP contribution in [0.15, 0.2) is 41.3 Å². The molecule has 3 rings (SSSR count). The quantitative estimate of drug-likeness (QED) is 0.579. The Morgan fingerprint density at radius 1 is 1.36 bits per heavy atom. The van der Waals surface area contributed by atoms with Crippen molar-refractivity contribution in [3.63, 3.8) is 0 Å². The Hall–Kier alpha value is -2.24. The third-order valence-electron chi connectivity index (χ3n) is 5.49. The van der Waals surface area contributed by atoms with Crippen molar-refractivity contribution < 1.29 is 27.1 Å². The van der Waals surface area contributed by atoms with E-state index in [1.54, 1.807) is 6.07 Å². The van der Waals surface area contributed by atoms with Crippen LogP contribution in [0.1, 0.15) is 28.9 Å². The molecule has 1 aliphatic rings. The van der Waals surface area contributed by atoms with E-state index in [9.17, 15) is 17.6 Å². The Kier molecular flexibility index (Phi) is 8.30. The molecule has 0 saturated carbocycles. The normalized spacial score (nSPS) is 18.0. The van der Waals surface area contributed by atoms with Crippen molar-refractivity contribution >= 4 is 27.5 Å². The number of amides is 1. The van der Waals surface area contributed by atoms with Gasteiger partial charge in [-0.3, -0.25) is 9.69 Å². The Bertz CT molecular complexity index is 1090. The van der Waals surface area contributed by atoms with Crippen LogP contribution in [0.3, 0.4) is 0 Å². The van der Waals surface area contributed by atoms with Gasteiger partial charge in [0.15, 0.2) is 0 Å². The van der Waals surface area contributed by atoms with Crippen molar-refractivity contribution in [2.24, 2.45) is 0 Å². The van der Waals surface area contributed by atoms with E-state index in [1.165, 1.54) is 44.5 Å². The number of carbonyl (C=O) groups is 1. The fraction of sp³-hybridized carbons (Fsp3) is 0.409. The molecule has 2 unspecified atom stereocenters. The minimum absolute atomic E-state index is 0.0570. The lowest BCUT2D eigenvalue weighted by molar-refractivity contribution is -0.0346. The molecular weight excluding hydrogens is 473 g/mol. The molecule has 8 nitrogen and oxygen atoms in total. The summed E-state index contributed by atoms with van der Waals surface area (Å²) in [4.78, 5) is 14.8. The average molecular weight is 500 g/mol. The number of benzene rings is 2. The number of hydrogen-bond acceptors (Lipinski definition) is 6. The zero-order valence-electron chi connectivity index (χ0n) is 18.6. The second kappa shape index (κ2) is 10.8. The number of halogens is 2. The lowest BCUT2D eigenvalue weighted by Gasteiger charge is -2.38. The van der Waals surface area contributed by atoms with E-state index in [4.69, 9.17) is 21.1 Å². The second-order valence-electron chi connectivity index (χ2n) is 7.61. The summed E-state index contributed by atoms with van der Waals surface area (Å²) in [6.07, 6.45) is -0.0570. The Morgan fingerprint density at radius 2 is 2.12 bits per heavy atom. The molecule has 0 radical (unpaired) electrons. The van der Waals surface area contributed by atoms with Crippen molar-refractivity contribution in [2.45, 2.75) is 24.0 Å². The first-order valence-electron chi connectivity index (χ1n) is 10.4. The van der Waals surface area contributed by atoms with Gasteiger partial charge in [0.25, 0.3) is 5.91 Å². The highest BCUT2D eigenvalue weighted by Crippen LogP contribution is 2.31. The van der Waals surface area contributed by atoms with E-state index in [2.05, 4.69) is 10.0 Å². The van der Waals surface area contributed by atoms with Crippen molar-refractivity contribution in [1.29, 1.82) is 0 Å². The zero-order valence-corrected chi connectivity index (χ0v) is 20.2. The molecule has 0 aromatic heterocycles. The minimum atomic E-state index is -3.85. The summed E-state index contributed by atoms with van der Waals surface area (Å²) in [5.74, 6) is -0.865. The Balaban J connectivity index is 1.88. The highest BCUT2D eigenvalue weighted by atomic mass is 35.5. The van der Waals surface area contributed by atoms with Crippen LogP contribution in [-0.4, -0.2) is 65.7 Å². The van der Waals surface area contributed by atoms with Gasteiger partial charge in [-0.15, -0.1) is 0 Å². The van der Waals surface area contributed by atoms with Gasteiger partial charge >= 0.3 is 0 Å². The van der Waals surface area contributed by atoms with Gasteiger partial charge in [-0.2, -0.15) is 0 Å². The molecule has 1 fully saturated rings. The SMILES string of the molecule is CNS(=O)(=O)c1cc(C(=O)NCC(c2c(F)cccc2Cl)N2CCOC(C)C2)ccc1OC. The summed E-state index contributed by atoms with van der Waals surface area (Å²) in [6.45, 7) is 3.54. The summed E-state index contributed by atoms with van der Waals surface area (Å²) in [5, 5.41) is 3.06. The predicted octanol–water partition coefficient (Wildman–Crippen LogP) is 2.59. The van der Waals surface area contributed by atoms with Crippen molar-refractivity contribution in [2.75, 3.05) is 40.4 Å². The second-order valence-corrected chi connectivity index (χ2v) is 9.87. The van der Waals surface area contributed by atoms with E-state index in [0.717, 1.165) is 0 Å². The topological polar surface area (TPSA) is 97.0 Å². The van der Waals surface area contributed by atoms with E-state index in [0.29, 0.717) is 25.3 Å². The zero-order chi connectivity index (χ0) is 24.2. The molecule has 1 aliphatic heterocycles. The summed E-state index contributed by atoms with van der Waals surface area (Å²) in [5.41, 5.74) is 0.417. The number of carbonyl (C=O) groups excluding carboxylic acids is 1. The van der Waals surface area contributed by atoms with Gasteiger partial charge < -0.3 is 14.8 Å². The fourth-order valence-electron chi connectivity index (χ4n) is 3.80. The van der Waals surface area contributed by atoms with Gasteiger partial charge in [-0.05, 0) is 44.3 Å². The minimum Gasteiger partial charge on any atom is -0.495 e. The van der Waals surface area contributed by atoms with Crippen LogP contribution in [0.25, 0.3) is 0 Å². The third kappa shape index (κ3) is 5.82. The van der Waals surface area contributed by atoms with Crippen molar-refractivity contribution in [3.8, 4) is 5.75 Å². The van der Waals surface area contributed by atoms with Gasteiger partial charge in [0.05, 0.1) is 25.9 Å². The summed E-state index contributed by atoms with van der Waals surface area (Å²) in [6, 6.07) is 8.04. The number of rotatable bonds is 8. The molecule has 2 aromatic carbocycles. The van der Waals surface area contributed by atoms with E-state index >= 15 is 0 Å². The third-order valence-corrected chi connectivity index (χ3v) is 7.25. The number of hydrogen-bond donors (Lipinski definition) is 2. The van der Waals surface area contributed by atoms with Crippen LogP contribution >= 0.6 is 11.6 Å². The maximum absolute atomic E-state index is 14.8. The summed E-state index contributed by atoms with van der Waals surface area (Å²) >= 11 is 6.33. The first-order chi connectivity index (χ1) is 15.7. The van der Waals surface area contributed by atoms with Gasteiger partial charge in [0.1, 0.15) is 16.5 Å². The van der Waals surface area contributed by atoms with Crippen LogP contribution < -0.4 is 14.8 Å². The van der Waals surface area contributed by atoms with E-state index < -0.39 is 27.8 Å². The Morgan fingerprint density at radius 3 is 2.76 bits per heavy atom. The summed E-state index contributed by atoms with van der Waals surface area (Å²) < 4.78 is 52.3. The van der Waals surface area contributed by atoms with Gasteiger partial charge in [-0.25, -0.2) is 17.5 Å². The van der Waals surface area contributed by atoms with Crippen LogP contribution in [0.2, 0.25) is 5.02 Å². The summed E-state index contributed by atoms with van der Waals surface area (Å²) in [7, 11) is -1.24. The van der Waals surface area contributed by atoms with Gasteiger partial charge in [-0.1, -0.05) is 17.7 Å². The first kappa shape index (κ1) is 25.4. The Labute approximate surface area is 198 Å². The monoisotopic (exact) mass is 499 g/mol. The van der Waals surface area contributed by atoms with Crippen LogP contribution in [0.4, 0.5) is 4.39 Å². The van der Waals surface area contributed by atoms with Gasteiger partial charge in [0.2, 0.25) is 10.0 Å². The molecule has 2 atom stereocenters. The van der Waals surface area contributed by atoms with E-state index in [-0.39, 0.29) is 33.9 Å². The van der Waals surface area contributed by atoms with Crippen LogP contribution in [0.5, 0.6) is 5.75 Å². The molecule has 180 valence electrons. The molecule has 1 heterocycles. The van der Waals surface area contributed by atoms with Crippen LogP contribution in [-0.2, 0) is 14.8 Å². The molecule has 2 aromatic rings. The average Bonchev–Trinajstić information content (AvgIpc) is 2.80. The highest BCUT2D eigenvalue weighted by molar-refractivity contribution is 7.89. The number of nitrogens with zero attached hydrogens (tertiary/aromatic N) is 1. The fourth-order valence-corrected chi connectivity index (χ4v) is 5.01. The molecular formula is C22H27ClFN3O5S. The lowest BCUT2D eigenvalue weighted by Crippen LogP contribution is -2.47. The molecule has 11 heteroatoms. The molecule has 0 spiro atoms. The van der Waals surface area contributed by atoms with Crippen molar-refractivity contribution in [3.05, 3.63) is 58.4 Å². The number of morpholine rings is 1. The smallest absolute Gasteiger partial charge is 0.251 e. The molecule has 0 bridgehead atoms. The standard InChI is InChI=1S/C22H27ClFN3O5S/c1-14-13-27(9-10-32-14)18(21-16(23)5-4-6-17(21)24)12-26-22(28)15-7-8-19(31-3)20(11-15)33(29,30)25-2/h4-8,11,14,18,25H,9-10,12-13H2,1-3H3,(H,26,28). The molecule has 33 heavy (non-hydrogen) atoms. The van der Waals surface area contributed by atoms with Crippen molar-refractivity contribution in [1.82, 2.24) is 14.9 Å². The number of ether oxygens (including phenoxy) is 2. The molecule has 1 amide bonds. The molecule has 1 saturated heterocycles. The maximum atomic E-state index is 14.8. The largest absolute Gasteiger partial charge is 0.495 e.